The summed E-state index contributed by atoms with van der Waals surface area (Å²) < 4.78 is 14.6. The average molecular weight is 332 g/mol. The quantitative estimate of drug-likeness (QED) is 0.792. The van der Waals surface area contributed by atoms with E-state index in [-0.39, 0.29) is 21.0 Å². The van der Waals surface area contributed by atoms with Gasteiger partial charge in [0.15, 0.2) is 5.15 Å². The molecule has 0 saturated heterocycles. The smallest absolute Gasteiger partial charge is 0.269 e. The van der Waals surface area contributed by atoms with Gasteiger partial charge in [0.05, 0.1) is 12.9 Å². The third-order valence-corrected chi connectivity index (χ3v) is 3.82. The topological polar surface area (TPSA) is 34.9 Å². The molecule has 6 heteroatoms. The summed E-state index contributed by atoms with van der Waals surface area (Å²) >= 11 is 8.81. The standard InChI is InChI=1S/C12H9BrClFN2O/c1-7-4-9(15)3-2-8(7)5-17-6-16-11(14)10(13)12(17)18/h2-4,6H,5H2,1H3. The summed E-state index contributed by atoms with van der Waals surface area (Å²) in [7, 11) is 0. The molecule has 2 aromatic rings. The number of rotatable bonds is 2. The maximum atomic E-state index is 13.0. The number of benzene rings is 1. The van der Waals surface area contributed by atoms with Crippen LogP contribution >= 0.6 is 27.5 Å². The Labute approximate surface area is 116 Å². The fraction of sp³-hybridized carbons (Fsp3) is 0.167. The minimum atomic E-state index is -0.293. The van der Waals surface area contributed by atoms with Crippen molar-refractivity contribution in [2.24, 2.45) is 0 Å². The van der Waals surface area contributed by atoms with Crippen molar-refractivity contribution in [2.45, 2.75) is 13.5 Å². The van der Waals surface area contributed by atoms with Crippen molar-refractivity contribution in [1.82, 2.24) is 9.55 Å². The molecule has 0 atom stereocenters. The van der Waals surface area contributed by atoms with Crippen molar-refractivity contribution in [3.8, 4) is 0 Å². The van der Waals surface area contributed by atoms with E-state index in [0.717, 1.165) is 11.1 Å². The first-order chi connectivity index (χ1) is 8.49. The lowest BCUT2D eigenvalue weighted by molar-refractivity contribution is 0.624. The number of halogens is 3. The molecule has 0 radical (unpaired) electrons. The zero-order valence-electron chi connectivity index (χ0n) is 9.45. The van der Waals surface area contributed by atoms with Crippen molar-refractivity contribution < 1.29 is 4.39 Å². The first-order valence-corrected chi connectivity index (χ1v) is 6.31. The molecule has 0 aliphatic carbocycles. The van der Waals surface area contributed by atoms with E-state index in [0.29, 0.717) is 6.54 Å². The molecule has 0 N–H and O–H groups in total. The lowest BCUT2D eigenvalue weighted by Crippen LogP contribution is -2.22. The zero-order valence-corrected chi connectivity index (χ0v) is 11.8. The third-order valence-electron chi connectivity index (χ3n) is 2.59. The van der Waals surface area contributed by atoms with Crippen LogP contribution in [0.1, 0.15) is 11.1 Å². The summed E-state index contributed by atoms with van der Waals surface area (Å²) in [5.41, 5.74) is 1.38. The van der Waals surface area contributed by atoms with Crippen LogP contribution in [-0.2, 0) is 6.54 Å². The molecular formula is C12H9BrClFN2O. The molecule has 0 aliphatic heterocycles. The second-order valence-corrected chi connectivity index (χ2v) is 5.00. The van der Waals surface area contributed by atoms with Gasteiger partial charge in [-0.25, -0.2) is 9.37 Å². The second kappa shape index (κ2) is 5.20. The van der Waals surface area contributed by atoms with Crippen LogP contribution in [0, 0.1) is 12.7 Å². The van der Waals surface area contributed by atoms with E-state index >= 15 is 0 Å². The van der Waals surface area contributed by atoms with Gasteiger partial charge in [0.25, 0.3) is 5.56 Å². The third kappa shape index (κ3) is 2.62. The van der Waals surface area contributed by atoms with E-state index in [1.54, 1.807) is 13.0 Å². The highest BCUT2D eigenvalue weighted by Gasteiger charge is 2.08. The van der Waals surface area contributed by atoms with Crippen molar-refractivity contribution in [3.63, 3.8) is 0 Å². The number of nitrogens with zero attached hydrogens (tertiary/aromatic N) is 2. The van der Waals surface area contributed by atoms with E-state index in [2.05, 4.69) is 20.9 Å². The molecule has 0 fully saturated rings. The van der Waals surface area contributed by atoms with Crippen LogP contribution in [0.5, 0.6) is 0 Å². The van der Waals surface area contributed by atoms with Crippen LogP contribution in [-0.4, -0.2) is 9.55 Å². The lowest BCUT2D eigenvalue weighted by Gasteiger charge is -2.09. The van der Waals surface area contributed by atoms with Gasteiger partial charge in [-0.05, 0) is 46.1 Å². The second-order valence-electron chi connectivity index (χ2n) is 3.85. The Balaban J connectivity index is 2.41. The summed E-state index contributed by atoms with van der Waals surface area (Å²) in [6, 6.07) is 4.45. The molecule has 3 nitrogen and oxygen atoms in total. The number of hydrogen-bond acceptors (Lipinski definition) is 2. The van der Waals surface area contributed by atoms with Crippen molar-refractivity contribution in [1.29, 1.82) is 0 Å². The van der Waals surface area contributed by atoms with Gasteiger partial charge in [0.1, 0.15) is 10.3 Å². The van der Waals surface area contributed by atoms with E-state index < -0.39 is 0 Å². The van der Waals surface area contributed by atoms with Gasteiger partial charge in [-0.2, -0.15) is 0 Å². The fourth-order valence-corrected chi connectivity index (χ4v) is 2.03. The van der Waals surface area contributed by atoms with Gasteiger partial charge in [0, 0.05) is 0 Å². The van der Waals surface area contributed by atoms with Crippen LogP contribution in [0.15, 0.2) is 33.8 Å². The Morgan fingerprint density at radius 2 is 2.22 bits per heavy atom. The molecule has 1 heterocycles. The van der Waals surface area contributed by atoms with E-state index in [1.165, 1.54) is 23.0 Å². The van der Waals surface area contributed by atoms with Gasteiger partial charge in [-0.1, -0.05) is 17.7 Å². The Morgan fingerprint density at radius 1 is 1.50 bits per heavy atom. The van der Waals surface area contributed by atoms with Gasteiger partial charge in [-0.15, -0.1) is 0 Å². The van der Waals surface area contributed by atoms with Crippen LogP contribution in [0.25, 0.3) is 0 Å². The number of hydrogen-bond donors (Lipinski definition) is 0. The summed E-state index contributed by atoms with van der Waals surface area (Å²) in [4.78, 5) is 15.8. The van der Waals surface area contributed by atoms with Gasteiger partial charge in [0.2, 0.25) is 0 Å². The van der Waals surface area contributed by atoms with E-state index in [4.69, 9.17) is 11.6 Å². The molecular weight excluding hydrogens is 323 g/mol. The first kappa shape index (κ1) is 13.2. The highest BCUT2D eigenvalue weighted by atomic mass is 79.9. The van der Waals surface area contributed by atoms with Gasteiger partial charge >= 0.3 is 0 Å². The molecule has 0 bridgehead atoms. The van der Waals surface area contributed by atoms with Crippen molar-refractivity contribution in [3.05, 3.63) is 61.5 Å². The fourth-order valence-electron chi connectivity index (χ4n) is 1.58. The number of aryl methyl sites for hydroxylation is 1. The van der Waals surface area contributed by atoms with Gasteiger partial charge in [-0.3, -0.25) is 9.36 Å². The molecule has 2 rings (SSSR count). The number of aromatic nitrogens is 2. The van der Waals surface area contributed by atoms with E-state index in [9.17, 15) is 9.18 Å². The SMILES string of the molecule is Cc1cc(F)ccc1Cn1cnc(Cl)c(Br)c1=O. The highest BCUT2D eigenvalue weighted by molar-refractivity contribution is 9.10. The Hall–Kier alpha value is -1.20. The lowest BCUT2D eigenvalue weighted by atomic mass is 10.1. The largest absolute Gasteiger partial charge is 0.294 e. The van der Waals surface area contributed by atoms with Crippen LogP contribution in [0.4, 0.5) is 4.39 Å². The van der Waals surface area contributed by atoms with Gasteiger partial charge < -0.3 is 0 Å². The minimum absolute atomic E-state index is 0.132. The first-order valence-electron chi connectivity index (χ1n) is 5.14. The molecule has 0 unspecified atom stereocenters. The predicted octanol–water partition coefficient (Wildman–Crippen LogP) is 3.16. The predicted molar refractivity (Wildman–Crippen MR) is 71.4 cm³/mol. The molecule has 1 aromatic carbocycles. The van der Waals surface area contributed by atoms with E-state index in [1.807, 2.05) is 0 Å². The summed E-state index contributed by atoms with van der Waals surface area (Å²) in [5, 5.41) is 0.132. The maximum Gasteiger partial charge on any atom is 0.269 e. The Bertz CT molecular complexity index is 657. The average Bonchev–Trinajstić information content (AvgIpc) is 2.33. The van der Waals surface area contributed by atoms with Crippen LogP contribution < -0.4 is 5.56 Å². The van der Waals surface area contributed by atoms with Crippen molar-refractivity contribution in [2.75, 3.05) is 0 Å². The Kier molecular flexibility index (Phi) is 3.82. The minimum Gasteiger partial charge on any atom is -0.294 e. The molecule has 0 saturated carbocycles. The van der Waals surface area contributed by atoms with Crippen LogP contribution in [0.3, 0.4) is 0 Å². The zero-order chi connectivity index (χ0) is 13.3. The molecule has 94 valence electrons. The summed E-state index contributed by atoms with van der Waals surface area (Å²) in [6.07, 6.45) is 1.37. The van der Waals surface area contributed by atoms with Crippen LogP contribution in [0.2, 0.25) is 5.15 Å². The molecule has 0 amide bonds. The summed E-state index contributed by atoms with van der Waals surface area (Å²) in [5.74, 6) is -0.293. The summed E-state index contributed by atoms with van der Waals surface area (Å²) in [6.45, 7) is 2.12. The normalized spacial score (nSPS) is 10.7. The molecule has 18 heavy (non-hydrogen) atoms. The Morgan fingerprint density at radius 3 is 2.89 bits per heavy atom. The molecule has 0 spiro atoms. The molecule has 0 aliphatic rings. The monoisotopic (exact) mass is 330 g/mol. The molecule has 1 aromatic heterocycles. The maximum absolute atomic E-state index is 13.0. The highest BCUT2D eigenvalue weighted by Crippen LogP contribution is 2.15. The van der Waals surface area contributed by atoms with Crippen molar-refractivity contribution >= 4 is 27.5 Å².